The van der Waals surface area contributed by atoms with E-state index in [9.17, 15) is 14.4 Å². The van der Waals surface area contributed by atoms with E-state index in [0.717, 1.165) is 22.0 Å². The fraction of sp³-hybridized carbons (Fsp3) is 0.292. The third-order valence-electron chi connectivity index (χ3n) is 5.09. The maximum atomic E-state index is 12.7. The third kappa shape index (κ3) is 5.66. The third-order valence-corrected chi connectivity index (χ3v) is 5.09. The number of carbonyl (C=O) groups excluding carboxylic acids is 3. The largest absolute Gasteiger partial charge is 0.496 e. The smallest absolute Gasteiger partial charge is 0.329 e. The first kappa shape index (κ1) is 22.9. The van der Waals surface area contributed by atoms with E-state index < -0.39 is 24.5 Å². The first-order valence-corrected chi connectivity index (χ1v) is 10.3. The molecule has 3 aromatic rings. The molecule has 0 aliphatic carbocycles. The monoisotopic (exact) mass is 437 g/mol. The number of esters is 1. The van der Waals surface area contributed by atoms with Crippen molar-refractivity contribution in [2.45, 2.75) is 32.4 Å². The van der Waals surface area contributed by atoms with Gasteiger partial charge in [0.2, 0.25) is 5.91 Å². The summed E-state index contributed by atoms with van der Waals surface area (Å²) in [7, 11) is 1.56. The highest BCUT2D eigenvalue weighted by atomic mass is 16.5. The quantitative estimate of drug-likeness (QED) is 0.446. The Morgan fingerprint density at radius 1 is 1.03 bits per heavy atom. The first-order chi connectivity index (χ1) is 15.4. The van der Waals surface area contributed by atoms with Crippen molar-refractivity contribution in [3.05, 3.63) is 65.9 Å². The maximum Gasteiger partial charge on any atom is 0.329 e. The molecule has 2 aromatic carbocycles. The van der Waals surface area contributed by atoms with E-state index in [1.54, 1.807) is 19.4 Å². The first-order valence-electron chi connectivity index (χ1n) is 10.3. The van der Waals surface area contributed by atoms with Crippen LogP contribution >= 0.6 is 0 Å². The second kappa shape index (κ2) is 10.5. The zero-order valence-electron chi connectivity index (χ0n) is 18.3. The van der Waals surface area contributed by atoms with Crippen molar-refractivity contribution in [1.82, 2.24) is 15.6 Å². The SMILES string of the molecule is COc1ccccc1C(C)NC(=O)COC(=O)C(Cc1c[nH]c2ccccc12)NC(C)=O. The standard InChI is InChI=1S/C24H27N3O5/c1-15(18-8-5-7-11-22(18)31-3)26-23(29)14-32-24(30)21(27-16(2)28)12-17-13-25-20-10-6-4-9-19(17)20/h4-11,13,15,21,25H,12,14H2,1-3H3,(H,26,29)(H,27,28). The second-order valence-corrected chi connectivity index (χ2v) is 7.46. The van der Waals surface area contributed by atoms with E-state index in [4.69, 9.17) is 9.47 Å². The maximum absolute atomic E-state index is 12.7. The highest BCUT2D eigenvalue weighted by Gasteiger charge is 2.24. The van der Waals surface area contributed by atoms with Crippen LogP contribution < -0.4 is 15.4 Å². The van der Waals surface area contributed by atoms with Gasteiger partial charge >= 0.3 is 5.97 Å². The van der Waals surface area contributed by atoms with Crippen LogP contribution in [0, 0.1) is 0 Å². The summed E-state index contributed by atoms with van der Waals surface area (Å²) in [6.45, 7) is 2.69. The number of hydrogen-bond donors (Lipinski definition) is 3. The van der Waals surface area contributed by atoms with Crippen molar-refractivity contribution in [3.8, 4) is 5.75 Å². The minimum Gasteiger partial charge on any atom is -0.496 e. The summed E-state index contributed by atoms with van der Waals surface area (Å²) in [6, 6.07) is 13.8. The molecule has 3 N–H and O–H groups in total. The Morgan fingerprint density at radius 3 is 2.50 bits per heavy atom. The van der Waals surface area contributed by atoms with Crippen LogP contribution in [0.5, 0.6) is 5.75 Å². The van der Waals surface area contributed by atoms with Gasteiger partial charge in [0.15, 0.2) is 6.61 Å². The fourth-order valence-electron chi connectivity index (χ4n) is 3.58. The number of nitrogens with one attached hydrogen (secondary N) is 3. The zero-order valence-corrected chi connectivity index (χ0v) is 18.3. The molecule has 8 nitrogen and oxygen atoms in total. The Morgan fingerprint density at radius 2 is 1.75 bits per heavy atom. The predicted octanol–water partition coefficient (Wildman–Crippen LogP) is 2.64. The Kier molecular flexibility index (Phi) is 7.49. The molecule has 1 heterocycles. The van der Waals surface area contributed by atoms with Crippen molar-refractivity contribution >= 4 is 28.7 Å². The van der Waals surface area contributed by atoms with Gasteiger partial charge in [-0.3, -0.25) is 9.59 Å². The molecule has 0 saturated heterocycles. The van der Waals surface area contributed by atoms with Gasteiger partial charge in [0, 0.05) is 36.0 Å². The van der Waals surface area contributed by atoms with Gasteiger partial charge in [0.05, 0.1) is 13.2 Å². The van der Waals surface area contributed by atoms with Crippen LogP contribution in [0.4, 0.5) is 0 Å². The molecule has 0 fully saturated rings. The molecular weight excluding hydrogens is 410 g/mol. The van der Waals surface area contributed by atoms with Gasteiger partial charge < -0.3 is 25.1 Å². The molecule has 0 bridgehead atoms. The van der Waals surface area contributed by atoms with Gasteiger partial charge in [0.1, 0.15) is 11.8 Å². The van der Waals surface area contributed by atoms with Crippen LogP contribution in [-0.2, 0) is 25.5 Å². The average molecular weight is 437 g/mol. The Hall–Kier alpha value is -3.81. The molecule has 0 aliphatic rings. The molecule has 2 atom stereocenters. The highest BCUT2D eigenvalue weighted by molar-refractivity contribution is 5.88. The second-order valence-electron chi connectivity index (χ2n) is 7.46. The number of carbonyl (C=O) groups is 3. The van der Waals surface area contributed by atoms with Gasteiger partial charge in [-0.25, -0.2) is 4.79 Å². The lowest BCUT2D eigenvalue weighted by Crippen LogP contribution is -2.43. The van der Waals surface area contributed by atoms with Gasteiger partial charge in [-0.1, -0.05) is 36.4 Å². The lowest BCUT2D eigenvalue weighted by molar-refractivity contribution is -0.151. The number of rotatable bonds is 9. The van der Waals surface area contributed by atoms with Crippen LogP contribution in [-0.4, -0.2) is 42.5 Å². The molecule has 2 unspecified atom stereocenters. The van der Waals surface area contributed by atoms with Crippen molar-refractivity contribution in [1.29, 1.82) is 0 Å². The predicted molar refractivity (Wildman–Crippen MR) is 120 cm³/mol. The van der Waals surface area contributed by atoms with E-state index in [1.807, 2.05) is 49.4 Å². The lowest BCUT2D eigenvalue weighted by atomic mass is 10.0. The van der Waals surface area contributed by atoms with Crippen LogP contribution in [0.15, 0.2) is 54.7 Å². The summed E-state index contributed by atoms with van der Waals surface area (Å²) < 4.78 is 10.5. The van der Waals surface area contributed by atoms with E-state index in [-0.39, 0.29) is 18.4 Å². The number of ether oxygens (including phenoxy) is 2. The van der Waals surface area contributed by atoms with Gasteiger partial charge in [-0.15, -0.1) is 0 Å². The van der Waals surface area contributed by atoms with Crippen molar-refractivity contribution in [3.63, 3.8) is 0 Å². The molecule has 0 saturated carbocycles. The van der Waals surface area contributed by atoms with Crippen molar-refractivity contribution < 1.29 is 23.9 Å². The number of aromatic nitrogens is 1. The zero-order chi connectivity index (χ0) is 23.1. The number of benzene rings is 2. The van der Waals surface area contributed by atoms with E-state index in [2.05, 4.69) is 15.6 Å². The van der Waals surface area contributed by atoms with Gasteiger partial charge in [-0.05, 0) is 24.6 Å². The molecule has 0 spiro atoms. The van der Waals surface area contributed by atoms with Crippen LogP contribution in [0.3, 0.4) is 0 Å². The van der Waals surface area contributed by atoms with Crippen LogP contribution in [0.2, 0.25) is 0 Å². The number of H-pyrrole nitrogens is 1. The molecule has 32 heavy (non-hydrogen) atoms. The summed E-state index contributed by atoms with van der Waals surface area (Å²) in [5.41, 5.74) is 2.61. The number of aromatic amines is 1. The molecule has 3 rings (SSSR count). The summed E-state index contributed by atoms with van der Waals surface area (Å²) in [5.74, 6) is -0.834. The number of hydrogen-bond acceptors (Lipinski definition) is 5. The molecule has 168 valence electrons. The lowest BCUT2D eigenvalue weighted by Gasteiger charge is -2.19. The van der Waals surface area contributed by atoms with Crippen LogP contribution in [0.1, 0.15) is 31.0 Å². The normalized spacial score (nSPS) is 12.6. The summed E-state index contributed by atoms with van der Waals surface area (Å²) in [4.78, 5) is 39.8. The Balaban J connectivity index is 1.61. The Bertz CT molecular complexity index is 1110. The van der Waals surface area contributed by atoms with E-state index in [1.165, 1.54) is 6.92 Å². The van der Waals surface area contributed by atoms with Gasteiger partial charge in [-0.2, -0.15) is 0 Å². The number of methoxy groups -OCH3 is 1. The van der Waals surface area contributed by atoms with Crippen LogP contribution in [0.25, 0.3) is 10.9 Å². The molecule has 8 heteroatoms. The molecular formula is C24H27N3O5. The minimum absolute atomic E-state index is 0.238. The number of para-hydroxylation sites is 2. The minimum atomic E-state index is -0.911. The highest BCUT2D eigenvalue weighted by Crippen LogP contribution is 2.24. The average Bonchev–Trinajstić information content (AvgIpc) is 3.19. The van der Waals surface area contributed by atoms with Crippen molar-refractivity contribution in [2.75, 3.05) is 13.7 Å². The van der Waals surface area contributed by atoms with Gasteiger partial charge in [0.25, 0.3) is 5.91 Å². The summed E-state index contributed by atoms with van der Waals surface area (Å²) >= 11 is 0. The summed E-state index contributed by atoms with van der Waals surface area (Å²) in [6.07, 6.45) is 2.04. The van der Waals surface area contributed by atoms with E-state index in [0.29, 0.717) is 5.75 Å². The van der Waals surface area contributed by atoms with E-state index >= 15 is 0 Å². The number of amides is 2. The van der Waals surface area contributed by atoms with Crippen molar-refractivity contribution in [2.24, 2.45) is 0 Å². The topological polar surface area (TPSA) is 110 Å². The molecule has 0 radical (unpaired) electrons. The Labute approximate surface area is 186 Å². The fourth-order valence-corrected chi connectivity index (χ4v) is 3.58. The summed E-state index contributed by atoms with van der Waals surface area (Å²) in [5, 5.41) is 6.36. The molecule has 0 aliphatic heterocycles. The molecule has 2 amide bonds. The molecule has 1 aromatic heterocycles. The number of fused-ring (bicyclic) bond motifs is 1.